The zero-order valence-corrected chi connectivity index (χ0v) is 10.2. The molecule has 19 heavy (non-hydrogen) atoms. The number of rotatable bonds is 2. The van der Waals surface area contributed by atoms with Gasteiger partial charge in [0.15, 0.2) is 5.69 Å². The molecule has 0 radical (unpaired) electrons. The van der Waals surface area contributed by atoms with E-state index in [0.717, 1.165) is 11.0 Å². The highest BCUT2D eigenvalue weighted by atomic mass is 16.1. The third kappa shape index (κ3) is 1.90. The van der Waals surface area contributed by atoms with Crippen LogP contribution in [0, 0.1) is 0 Å². The third-order valence-electron chi connectivity index (χ3n) is 2.76. The van der Waals surface area contributed by atoms with Gasteiger partial charge in [0.1, 0.15) is 0 Å². The lowest BCUT2D eigenvalue weighted by Crippen LogP contribution is -2.18. The van der Waals surface area contributed by atoms with Crippen LogP contribution in [0.1, 0.15) is 10.5 Å². The summed E-state index contributed by atoms with van der Waals surface area (Å²) in [5.74, 6) is 0.301. The number of carbonyl (C=O) groups is 1. The molecule has 1 amide bonds. The van der Waals surface area contributed by atoms with E-state index in [9.17, 15) is 4.79 Å². The van der Waals surface area contributed by atoms with Crippen LogP contribution in [0.15, 0.2) is 30.5 Å². The van der Waals surface area contributed by atoms with Crippen LogP contribution in [0.4, 0.5) is 5.69 Å². The molecule has 0 aliphatic carbocycles. The maximum Gasteiger partial charge on any atom is 0.271 e. The molecule has 0 aliphatic heterocycles. The lowest BCUT2D eigenvalue weighted by Gasteiger charge is -1.94. The number of hydrogen-bond donors (Lipinski definition) is 3. The summed E-state index contributed by atoms with van der Waals surface area (Å²) < 4.78 is 1.51. The Balaban J connectivity index is 2.04. The molecule has 2 heterocycles. The second-order valence-electron chi connectivity index (χ2n) is 4.06. The zero-order chi connectivity index (χ0) is 13.4. The first-order valence-corrected chi connectivity index (χ1v) is 5.71. The smallest absolute Gasteiger partial charge is 0.271 e. The molecular weight excluding hydrogens is 244 g/mol. The second kappa shape index (κ2) is 4.13. The maximum atomic E-state index is 11.4. The number of imidazole rings is 1. The van der Waals surface area contributed by atoms with Gasteiger partial charge >= 0.3 is 0 Å². The third-order valence-corrected chi connectivity index (χ3v) is 2.76. The monoisotopic (exact) mass is 256 g/mol. The van der Waals surface area contributed by atoms with E-state index in [1.54, 1.807) is 31.4 Å². The lowest BCUT2D eigenvalue weighted by atomic mass is 10.3. The van der Waals surface area contributed by atoms with Crippen LogP contribution in [-0.2, 0) is 0 Å². The molecule has 4 N–H and O–H groups in total. The van der Waals surface area contributed by atoms with E-state index in [-0.39, 0.29) is 5.91 Å². The highest BCUT2D eigenvalue weighted by Crippen LogP contribution is 2.16. The average Bonchev–Trinajstić information content (AvgIpc) is 3.03. The molecule has 0 fully saturated rings. The summed E-state index contributed by atoms with van der Waals surface area (Å²) in [5.41, 5.74) is 8.33. The van der Waals surface area contributed by atoms with Gasteiger partial charge in [-0.25, -0.2) is 9.67 Å². The number of benzene rings is 1. The van der Waals surface area contributed by atoms with Gasteiger partial charge in [-0.1, -0.05) is 0 Å². The molecule has 7 nitrogen and oxygen atoms in total. The Bertz CT molecular complexity index is 757. The number of amides is 1. The number of H-pyrrole nitrogens is 1. The number of carbonyl (C=O) groups excluding carboxylic acids is 1. The summed E-state index contributed by atoms with van der Waals surface area (Å²) in [6, 6.07) is 7.04. The standard InChI is InChI=1S/C12H12N6O/c1-14-11(19)9-4-5-18(17-9)12-15-8-3-2-7(13)6-10(8)16-12/h2-6H,13H2,1H3,(H,14,19)(H,15,16). The Morgan fingerprint density at radius 3 is 3.05 bits per heavy atom. The fourth-order valence-corrected chi connectivity index (χ4v) is 1.81. The first-order chi connectivity index (χ1) is 9.17. The van der Waals surface area contributed by atoms with Crippen molar-refractivity contribution >= 4 is 22.6 Å². The van der Waals surface area contributed by atoms with Crippen molar-refractivity contribution in [3.63, 3.8) is 0 Å². The summed E-state index contributed by atoms with van der Waals surface area (Å²) in [6.07, 6.45) is 1.67. The Labute approximate surface area is 108 Å². The van der Waals surface area contributed by atoms with Crippen LogP contribution in [0.2, 0.25) is 0 Å². The molecule has 0 saturated heterocycles. The molecule has 2 aromatic heterocycles. The van der Waals surface area contributed by atoms with E-state index in [4.69, 9.17) is 5.73 Å². The van der Waals surface area contributed by atoms with Crippen LogP contribution in [0.25, 0.3) is 17.0 Å². The second-order valence-corrected chi connectivity index (χ2v) is 4.06. The van der Waals surface area contributed by atoms with Crippen LogP contribution in [0.5, 0.6) is 0 Å². The molecule has 7 heteroatoms. The van der Waals surface area contributed by atoms with Crippen molar-refractivity contribution in [3.05, 3.63) is 36.2 Å². The minimum atomic E-state index is -0.237. The maximum absolute atomic E-state index is 11.4. The molecule has 1 aromatic carbocycles. The van der Waals surface area contributed by atoms with E-state index < -0.39 is 0 Å². The Morgan fingerprint density at radius 2 is 2.26 bits per heavy atom. The lowest BCUT2D eigenvalue weighted by molar-refractivity contribution is 0.0957. The summed E-state index contributed by atoms with van der Waals surface area (Å²) in [7, 11) is 1.56. The molecule has 96 valence electrons. The van der Waals surface area contributed by atoms with Crippen molar-refractivity contribution < 1.29 is 4.79 Å². The molecule has 0 atom stereocenters. The van der Waals surface area contributed by atoms with Crippen molar-refractivity contribution in [1.82, 2.24) is 25.1 Å². The first kappa shape index (κ1) is 11.3. The molecule has 0 saturated carbocycles. The van der Waals surface area contributed by atoms with Crippen LogP contribution >= 0.6 is 0 Å². The number of nitrogens with zero attached hydrogens (tertiary/aromatic N) is 3. The number of aromatic amines is 1. The largest absolute Gasteiger partial charge is 0.399 e. The van der Waals surface area contributed by atoms with Crippen molar-refractivity contribution in [2.75, 3.05) is 12.8 Å². The van der Waals surface area contributed by atoms with Crippen molar-refractivity contribution in [2.24, 2.45) is 0 Å². The van der Waals surface area contributed by atoms with Gasteiger partial charge in [0.25, 0.3) is 5.91 Å². The van der Waals surface area contributed by atoms with Crippen LogP contribution in [-0.4, -0.2) is 32.7 Å². The van der Waals surface area contributed by atoms with E-state index in [0.29, 0.717) is 17.3 Å². The molecule has 3 rings (SSSR count). The topological polar surface area (TPSA) is 102 Å². The molecule has 0 unspecified atom stereocenters. The van der Waals surface area contributed by atoms with Gasteiger partial charge in [0, 0.05) is 18.9 Å². The zero-order valence-electron chi connectivity index (χ0n) is 10.2. The summed E-state index contributed by atoms with van der Waals surface area (Å²) in [6.45, 7) is 0. The number of fused-ring (bicyclic) bond motifs is 1. The molecular formula is C12H12N6O. The number of anilines is 1. The van der Waals surface area contributed by atoms with Crippen LogP contribution < -0.4 is 11.1 Å². The fraction of sp³-hybridized carbons (Fsp3) is 0.0833. The molecule has 0 bridgehead atoms. The number of hydrogen-bond acceptors (Lipinski definition) is 4. The number of nitrogens with two attached hydrogens (primary N) is 1. The minimum Gasteiger partial charge on any atom is -0.399 e. The summed E-state index contributed by atoms with van der Waals surface area (Å²) >= 11 is 0. The quantitative estimate of drug-likeness (QED) is 0.587. The highest BCUT2D eigenvalue weighted by molar-refractivity contribution is 5.91. The van der Waals surface area contributed by atoms with Gasteiger partial charge in [0.05, 0.1) is 11.0 Å². The van der Waals surface area contributed by atoms with E-state index in [1.807, 2.05) is 6.07 Å². The summed E-state index contributed by atoms with van der Waals surface area (Å²) in [5, 5.41) is 6.67. The predicted molar refractivity (Wildman–Crippen MR) is 71.0 cm³/mol. The van der Waals surface area contributed by atoms with E-state index in [1.165, 1.54) is 4.68 Å². The normalized spacial score (nSPS) is 10.8. The Kier molecular flexibility index (Phi) is 2.45. The molecule has 3 aromatic rings. The fourth-order valence-electron chi connectivity index (χ4n) is 1.81. The Morgan fingerprint density at radius 1 is 1.42 bits per heavy atom. The SMILES string of the molecule is CNC(=O)c1ccn(-c2nc3ccc(N)cc3[nH]2)n1. The minimum absolute atomic E-state index is 0.237. The number of nitrogens with one attached hydrogen (secondary N) is 2. The summed E-state index contributed by atoms with van der Waals surface area (Å²) in [4.78, 5) is 18.9. The van der Waals surface area contributed by atoms with Gasteiger partial charge in [-0.3, -0.25) is 4.79 Å². The van der Waals surface area contributed by atoms with Crippen molar-refractivity contribution in [3.8, 4) is 5.95 Å². The van der Waals surface area contributed by atoms with E-state index >= 15 is 0 Å². The van der Waals surface area contributed by atoms with Gasteiger partial charge in [0.2, 0.25) is 5.95 Å². The highest BCUT2D eigenvalue weighted by Gasteiger charge is 2.10. The van der Waals surface area contributed by atoms with Crippen molar-refractivity contribution in [1.29, 1.82) is 0 Å². The van der Waals surface area contributed by atoms with Gasteiger partial charge in [-0.15, -0.1) is 0 Å². The first-order valence-electron chi connectivity index (χ1n) is 5.71. The van der Waals surface area contributed by atoms with Gasteiger partial charge in [-0.2, -0.15) is 5.10 Å². The Hall–Kier alpha value is -2.83. The predicted octanol–water partition coefficient (Wildman–Crippen LogP) is 0.690. The average molecular weight is 256 g/mol. The van der Waals surface area contributed by atoms with Gasteiger partial charge in [-0.05, 0) is 24.3 Å². The van der Waals surface area contributed by atoms with E-state index in [2.05, 4.69) is 20.4 Å². The van der Waals surface area contributed by atoms with Gasteiger partial charge < -0.3 is 16.0 Å². The number of nitrogen functional groups attached to an aromatic ring is 1. The van der Waals surface area contributed by atoms with Crippen molar-refractivity contribution in [2.45, 2.75) is 0 Å². The number of aromatic nitrogens is 4. The molecule has 0 aliphatic rings. The molecule has 0 spiro atoms. The van der Waals surface area contributed by atoms with Crippen LogP contribution in [0.3, 0.4) is 0 Å².